The monoisotopic (exact) mass is 496 g/mol. The number of benzene rings is 3. The first-order chi connectivity index (χ1) is 16.4. The van der Waals surface area contributed by atoms with Crippen molar-refractivity contribution >= 4 is 40.9 Å². The van der Waals surface area contributed by atoms with E-state index in [4.69, 9.17) is 28.3 Å². The lowest BCUT2D eigenvalue weighted by molar-refractivity contribution is 0.0681. The standard InChI is InChI=1S/C27H20Cl2F2N2O/c28-19-8-13-22(24(29)15-19)27(34)33-26(17-6-11-21(31)12-7-17)23-3-1-2-18(25(23)32-33)14-16-4-9-20(30)10-5-16/h4-15,23,26H,1-3H2/b18-14+/t23-,26+/m0/s1. The summed E-state index contributed by atoms with van der Waals surface area (Å²) in [5.74, 6) is -1.04. The van der Waals surface area contributed by atoms with Crippen LogP contribution in [0, 0.1) is 17.6 Å². The van der Waals surface area contributed by atoms with Gasteiger partial charge in [-0.1, -0.05) is 47.5 Å². The molecule has 0 radical (unpaired) electrons. The Morgan fingerprint density at radius 1 is 0.971 bits per heavy atom. The maximum absolute atomic E-state index is 13.7. The van der Waals surface area contributed by atoms with Gasteiger partial charge in [-0.25, -0.2) is 13.8 Å². The second-order valence-corrected chi connectivity index (χ2v) is 9.32. The molecular formula is C27H20Cl2F2N2O. The quantitative estimate of drug-likeness (QED) is 0.365. The summed E-state index contributed by atoms with van der Waals surface area (Å²) in [5, 5.41) is 6.94. The van der Waals surface area contributed by atoms with Crippen molar-refractivity contribution in [3.63, 3.8) is 0 Å². The molecule has 0 bridgehead atoms. The van der Waals surface area contributed by atoms with E-state index in [-0.39, 0.29) is 28.5 Å². The van der Waals surface area contributed by atoms with Crippen molar-refractivity contribution in [3.05, 3.63) is 111 Å². The van der Waals surface area contributed by atoms with Crippen LogP contribution in [-0.2, 0) is 0 Å². The summed E-state index contributed by atoms with van der Waals surface area (Å²) in [4.78, 5) is 13.6. The zero-order valence-corrected chi connectivity index (χ0v) is 19.5. The van der Waals surface area contributed by atoms with Crippen LogP contribution in [0.5, 0.6) is 0 Å². The van der Waals surface area contributed by atoms with Crippen LogP contribution in [0.4, 0.5) is 8.78 Å². The Balaban J connectivity index is 1.59. The highest BCUT2D eigenvalue weighted by Crippen LogP contribution is 2.45. The van der Waals surface area contributed by atoms with E-state index in [1.807, 2.05) is 6.08 Å². The van der Waals surface area contributed by atoms with Crippen molar-refractivity contribution in [2.24, 2.45) is 11.0 Å². The zero-order chi connectivity index (χ0) is 23.8. The van der Waals surface area contributed by atoms with Gasteiger partial charge in [0.25, 0.3) is 5.91 Å². The SMILES string of the molecule is O=C(c1ccc(Cl)cc1Cl)N1N=C2/C(=C/c3ccc(F)cc3)CCC[C@@H]2[C@H]1c1ccc(F)cc1. The summed E-state index contributed by atoms with van der Waals surface area (Å²) >= 11 is 12.4. The van der Waals surface area contributed by atoms with Crippen molar-refractivity contribution in [1.82, 2.24) is 5.01 Å². The number of fused-ring (bicyclic) bond motifs is 1. The molecule has 5 rings (SSSR count). The summed E-state index contributed by atoms with van der Waals surface area (Å²) in [6.07, 6.45) is 4.54. The van der Waals surface area contributed by atoms with E-state index in [9.17, 15) is 13.6 Å². The Morgan fingerprint density at radius 3 is 2.32 bits per heavy atom. The summed E-state index contributed by atoms with van der Waals surface area (Å²) < 4.78 is 27.0. The summed E-state index contributed by atoms with van der Waals surface area (Å²) in [6, 6.07) is 16.8. The minimum Gasteiger partial charge on any atom is -0.267 e. The molecule has 2 atom stereocenters. The average Bonchev–Trinajstić information content (AvgIpc) is 3.21. The van der Waals surface area contributed by atoms with Crippen molar-refractivity contribution in [2.45, 2.75) is 25.3 Å². The molecule has 3 aromatic rings. The number of amides is 1. The largest absolute Gasteiger partial charge is 0.276 e. The topological polar surface area (TPSA) is 32.7 Å². The van der Waals surface area contributed by atoms with E-state index in [1.54, 1.807) is 36.4 Å². The third kappa shape index (κ3) is 4.38. The van der Waals surface area contributed by atoms with Gasteiger partial charge in [-0.05, 0) is 84.5 Å². The zero-order valence-electron chi connectivity index (χ0n) is 18.0. The van der Waals surface area contributed by atoms with Crippen LogP contribution in [0.15, 0.2) is 77.4 Å². The predicted octanol–water partition coefficient (Wildman–Crippen LogP) is 7.71. The van der Waals surface area contributed by atoms with Crippen LogP contribution < -0.4 is 0 Å². The van der Waals surface area contributed by atoms with E-state index in [0.29, 0.717) is 10.6 Å². The number of allylic oxidation sites excluding steroid dienone is 1. The van der Waals surface area contributed by atoms with Gasteiger partial charge >= 0.3 is 0 Å². The van der Waals surface area contributed by atoms with Crippen LogP contribution in [0.2, 0.25) is 10.0 Å². The fraction of sp³-hybridized carbons (Fsp3) is 0.185. The number of rotatable bonds is 3. The molecule has 34 heavy (non-hydrogen) atoms. The number of carbonyl (C=O) groups is 1. The number of nitrogens with zero attached hydrogens (tertiary/aromatic N) is 2. The fourth-order valence-corrected chi connectivity index (χ4v) is 5.20. The Hall–Kier alpha value is -3.02. The molecule has 1 fully saturated rings. The van der Waals surface area contributed by atoms with E-state index >= 15 is 0 Å². The van der Waals surface area contributed by atoms with Gasteiger partial charge in [0.1, 0.15) is 11.6 Å². The van der Waals surface area contributed by atoms with Gasteiger partial charge in [0, 0.05) is 10.9 Å². The molecule has 0 aromatic heterocycles. The minimum absolute atomic E-state index is 0.0547. The highest BCUT2D eigenvalue weighted by molar-refractivity contribution is 6.36. The van der Waals surface area contributed by atoms with E-state index in [0.717, 1.165) is 41.7 Å². The first kappa shape index (κ1) is 22.8. The lowest BCUT2D eigenvalue weighted by atomic mass is 9.77. The molecule has 172 valence electrons. The molecule has 1 amide bonds. The third-order valence-electron chi connectivity index (χ3n) is 6.29. The smallest absolute Gasteiger partial charge is 0.267 e. The Kier molecular flexibility index (Phi) is 6.24. The molecule has 1 saturated carbocycles. The fourth-order valence-electron chi connectivity index (χ4n) is 4.71. The second kappa shape index (κ2) is 9.32. The molecule has 0 unspecified atom stereocenters. The van der Waals surface area contributed by atoms with Gasteiger partial charge in [-0.15, -0.1) is 0 Å². The van der Waals surface area contributed by atoms with Gasteiger partial charge in [0.2, 0.25) is 0 Å². The molecule has 2 aliphatic rings. The molecule has 0 N–H and O–H groups in total. The van der Waals surface area contributed by atoms with E-state index in [2.05, 4.69) is 0 Å². The van der Waals surface area contributed by atoms with Gasteiger partial charge in [0.15, 0.2) is 0 Å². The van der Waals surface area contributed by atoms with Crippen molar-refractivity contribution in [1.29, 1.82) is 0 Å². The van der Waals surface area contributed by atoms with Crippen molar-refractivity contribution in [2.75, 3.05) is 0 Å². The van der Waals surface area contributed by atoms with Crippen LogP contribution in [-0.4, -0.2) is 16.6 Å². The Morgan fingerprint density at radius 2 is 1.65 bits per heavy atom. The Bertz CT molecular complexity index is 1300. The van der Waals surface area contributed by atoms with Crippen LogP contribution in [0.25, 0.3) is 6.08 Å². The third-order valence-corrected chi connectivity index (χ3v) is 6.84. The number of hydrazone groups is 1. The normalized spacial score (nSPS) is 20.9. The molecular weight excluding hydrogens is 477 g/mol. The number of hydrogen-bond acceptors (Lipinski definition) is 2. The van der Waals surface area contributed by atoms with Gasteiger partial charge < -0.3 is 0 Å². The highest BCUT2D eigenvalue weighted by Gasteiger charge is 2.44. The molecule has 3 nitrogen and oxygen atoms in total. The van der Waals surface area contributed by atoms with Gasteiger partial charge in [-0.3, -0.25) is 4.79 Å². The number of carbonyl (C=O) groups excluding carboxylic acids is 1. The van der Waals surface area contributed by atoms with Crippen LogP contribution >= 0.6 is 23.2 Å². The molecule has 0 saturated heterocycles. The second-order valence-electron chi connectivity index (χ2n) is 8.48. The average molecular weight is 497 g/mol. The summed E-state index contributed by atoms with van der Waals surface area (Å²) in [6.45, 7) is 0. The van der Waals surface area contributed by atoms with Crippen molar-refractivity contribution < 1.29 is 13.6 Å². The minimum atomic E-state index is -0.397. The first-order valence-corrected chi connectivity index (χ1v) is 11.8. The molecule has 7 heteroatoms. The maximum Gasteiger partial charge on any atom is 0.276 e. The van der Waals surface area contributed by atoms with E-state index < -0.39 is 6.04 Å². The number of halogens is 4. The first-order valence-electron chi connectivity index (χ1n) is 11.0. The maximum atomic E-state index is 13.7. The summed E-state index contributed by atoms with van der Waals surface area (Å²) in [5.41, 5.74) is 3.79. The van der Waals surface area contributed by atoms with Crippen LogP contribution in [0.1, 0.15) is 46.8 Å². The lowest BCUT2D eigenvalue weighted by Crippen LogP contribution is -2.32. The molecule has 1 heterocycles. The summed E-state index contributed by atoms with van der Waals surface area (Å²) in [7, 11) is 0. The molecule has 1 aliphatic heterocycles. The highest BCUT2D eigenvalue weighted by atomic mass is 35.5. The molecule has 1 aliphatic carbocycles. The molecule has 0 spiro atoms. The van der Waals surface area contributed by atoms with E-state index in [1.165, 1.54) is 35.3 Å². The Labute approximate surface area is 206 Å². The van der Waals surface area contributed by atoms with Gasteiger partial charge in [-0.2, -0.15) is 5.10 Å². The van der Waals surface area contributed by atoms with Gasteiger partial charge in [0.05, 0.1) is 22.3 Å². The predicted molar refractivity (Wildman–Crippen MR) is 131 cm³/mol. The number of hydrogen-bond donors (Lipinski definition) is 0. The van der Waals surface area contributed by atoms with Crippen molar-refractivity contribution in [3.8, 4) is 0 Å². The molecule has 3 aromatic carbocycles. The van der Waals surface area contributed by atoms with Crippen LogP contribution in [0.3, 0.4) is 0 Å². The lowest BCUT2D eigenvalue weighted by Gasteiger charge is -2.29.